The van der Waals surface area contributed by atoms with Crippen molar-refractivity contribution in [2.24, 2.45) is 0 Å². The van der Waals surface area contributed by atoms with E-state index < -0.39 is 0 Å². The Labute approximate surface area is 133 Å². The molecule has 0 bridgehead atoms. The monoisotopic (exact) mass is 311 g/mol. The Kier molecular flexibility index (Phi) is 8.88. The lowest BCUT2D eigenvalue weighted by Gasteiger charge is -2.18. The average molecular weight is 311 g/mol. The number of nitrogens with zero attached hydrogens (tertiary/aromatic N) is 2. The zero-order valence-corrected chi connectivity index (χ0v) is 14.8. The van der Waals surface area contributed by atoms with Crippen molar-refractivity contribution >= 4 is 11.8 Å². The van der Waals surface area contributed by atoms with E-state index in [0.29, 0.717) is 5.92 Å². The minimum Gasteiger partial charge on any atom is -0.383 e. The van der Waals surface area contributed by atoms with Gasteiger partial charge in [0.25, 0.3) is 0 Å². The van der Waals surface area contributed by atoms with E-state index in [-0.39, 0.29) is 0 Å². The minimum absolute atomic E-state index is 0.416. The molecule has 0 radical (unpaired) electrons. The molecule has 1 N–H and O–H groups in total. The van der Waals surface area contributed by atoms with Crippen LogP contribution >= 0.6 is 11.8 Å². The Morgan fingerprint density at radius 3 is 2.48 bits per heavy atom. The molecule has 0 aliphatic rings. The molecule has 0 saturated heterocycles. The molecule has 0 amide bonds. The lowest BCUT2D eigenvalue weighted by molar-refractivity contribution is 0.199. The van der Waals surface area contributed by atoms with Gasteiger partial charge >= 0.3 is 0 Å². The fourth-order valence-electron chi connectivity index (χ4n) is 2.47. The number of rotatable bonds is 10. The number of aryl methyl sites for hydroxylation is 2. The third kappa shape index (κ3) is 6.32. The molecule has 0 saturated carbocycles. The van der Waals surface area contributed by atoms with Gasteiger partial charge in [-0.05, 0) is 37.5 Å². The molecule has 1 atom stereocenters. The summed E-state index contributed by atoms with van der Waals surface area (Å²) in [5.41, 5.74) is 3.52. The molecule has 0 aliphatic carbocycles. The first-order valence-electron chi connectivity index (χ1n) is 7.71. The van der Waals surface area contributed by atoms with Crippen LogP contribution in [0, 0.1) is 13.8 Å². The van der Waals surface area contributed by atoms with Crippen LogP contribution in [0.5, 0.6) is 0 Å². The summed E-state index contributed by atoms with van der Waals surface area (Å²) in [6, 6.07) is 0. The summed E-state index contributed by atoms with van der Waals surface area (Å²) in [5.74, 6) is 3.46. The molecule has 1 rings (SSSR count). The number of ether oxygens (including phenoxy) is 1. The summed E-state index contributed by atoms with van der Waals surface area (Å²) in [5, 5.41) is 3.41. The summed E-state index contributed by atoms with van der Waals surface area (Å²) in [4.78, 5) is 9.37. The molecule has 1 heterocycles. The molecule has 0 aliphatic heterocycles. The number of thioether (sulfide) groups is 1. The van der Waals surface area contributed by atoms with E-state index in [1.54, 1.807) is 7.11 Å². The number of aromatic nitrogens is 2. The lowest BCUT2D eigenvalue weighted by Crippen LogP contribution is -2.25. The maximum atomic E-state index is 5.05. The zero-order valence-electron chi connectivity index (χ0n) is 14.0. The van der Waals surface area contributed by atoms with Gasteiger partial charge in [0.1, 0.15) is 5.82 Å². The predicted molar refractivity (Wildman–Crippen MR) is 91.1 cm³/mol. The van der Waals surface area contributed by atoms with Gasteiger partial charge in [-0.25, -0.2) is 9.97 Å². The molecule has 5 heteroatoms. The van der Waals surface area contributed by atoms with Crippen LogP contribution < -0.4 is 5.32 Å². The van der Waals surface area contributed by atoms with E-state index >= 15 is 0 Å². The Morgan fingerprint density at radius 2 is 1.90 bits per heavy atom. The van der Waals surface area contributed by atoms with Crippen molar-refractivity contribution in [1.82, 2.24) is 15.3 Å². The zero-order chi connectivity index (χ0) is 15.7. The SMILES string of the molecule is CCCSCc1nc(C)c(C(C)CNCCOC)c(C)n1. The van der Waals surface area contributed by atoms with Gasteiger partial charge in [-0.1, -0.05) is 13.8 Å². The second-order valence-electron chi connectivity index (χ2n) is 5.37. The molecule has 1 aromatic rings. The summed E-state index contributed by atoms with van der Waals surface area (Å²) in [6.07, 6.45) is 1.20. The fraction of sp³-hybridized carbons (Fsp3) is 0.750. The highest BCUT2D eigenvalue weighted by atomic mass is 32.2. The highest BCUT2D eigenvalue weighted by molar-refractivity contribution is 7.98. The van der Waals surface area contributed by atoms with E-state index in [1.165, 1.54) is 17.7 Å². The van der Waals surface area contributed by atoms with Gasteiger partial charge in [-0.2, -0.15) is 11.8 Å². The molecular weight excluding hydrogens is 282 g/mol. The smallest absolute Gasteiger partial charge is 0.138 e. The molecule has 120 valence electrons. The topological polar surface area (TPSA) is 47.0 Å². The van der Waals surface area contributed by atoms with Crippen LogP contribution in [-0.2, 0) is 10.5 Å². The molecule has 4 nitrogen and oxygen atoms in total. The number of nitrogens with one attached hydrogen (secondary N) is 1. The highest BCUT2D eigenvalue weighted by Crippen LogP contribution is 2.22. The lowest BCUT2D eigenvalue weighted by atomic mass is 9.98. The molecule has 1 unspecified atom stereocenters. The van der Waals surface area contributed by atoms with Gasteiger partial charge in [0.05, 0.1) is 12.4 Å². The first kappa shape index (κ1) is 18.4. The van der Waals surface area contributed by atoms with Crippen molar-refractivity contribution in [1.29, 1.82) is 0 Å². The van der Waals surface area contributed by atoms with Gasteiger partial charge in [0.2, 0.25) is 0 Å². The van der Waals surface area contributed by atoms with Crippen molar-refractivity contribution in [2.75, 3.05) is 32.6 Å². The molecule has 0 aromatic carbocycles. The van der Waals surface area contributed by atoms with Crippen LogP contribution in [0.15, 0.2) is 0 Å². The third-order valence-corrected chi connectivity index (χ3v) is 4.54. The van der Waals surface area contributed by atoms with Gasteiger partial charge in [-0.3, -0.25) is 0 Å². The second-order valence-corrected chi connectivity index (χ2v) is 6.48. The van der Waals surface area contributed by atoms with Crippen LogP contribution in [0.2, 0.25) is 0 Å². The molecule has 1 aromatic heterocycles. The average Bonchev–Trinajstić information content (AvgIpc) is 2.43. The van der Waals surface area contributed by atoms with Crippen molar-refractivity contribution in [3.05, 3.63) is 22.8 Å². The fourth-order valence-corrected chi connectivity index (χ4v) is 3.22. The second kappa shape index (κ2) is 10.1. The normalized spacial score (nSPS) is 12.6. The van der Waals surface area contributed by atoms with Crippen molar-refractivity contribution in [3.63, 3.8) is 0 Å². The summed E-state index contributed by atoms with van der Waals surface area (Å²) in [7, 11) is 1.72. The Balaban J connectivity index is 2.65. The van der Waals surface area contributed by atoms with Gasteiger partial charge in [0.15, 0.2) is 0 Å². The van der Waals surface area contributed by atoms with E-state index in [2.05, 4.69) is 43.0 Å². The van der Waals surface area contributed by atoms with Crippen LogP contribution in [0.1, 0.15) is 49.0 Å². The first-order chi connectivity index (χ1) is 10.1. The standard InChI is InChI=1S/C16H29N3OS/c1-6-9-21-11-15-18-13(3)16(14(4)19-15)12(2)10-17-7-8-20-5/h12,17H,6-11H2,1-5H3. The quantitative estimate of drug-likeness (QED) is 0.673. The number of methoxy groups -OCH3 is 1. The highest BCUT2D eigenvalue weighted by Gasteiger charge is 2.14. The van der Waals surface area contributed by atoms with Gasteiger partial charge in [0, 0.05) is 31.6 Å². The molecule has 21 heavy (non-hydrogen) atoms. The maximum absolute atomic E-state index is 5.05. The molecule has 0 fully saturated rings. The number of hydrogen-bond acceptors (Lipinski definition) is 5. The van der Waals surface area contributed by atoms with Gasteiger partial charge in [-0.15, -0.1) is 0 Å². The maximum Gasteiger partial charge on any atom is 0.138 e. The molecular formula is C16H29N3OS. The first-order valence-corrected chi connectivity index (χ1v) is 8.87. The van der Waals surface area contributed by atoms with Crippen LogP contribution in [0.3, 0.4) is 0 Å². The van der Waals surface area contributed by atoms with Crippen molar-refractivity contribution < 1.29 is 4.74 Å². The van der Waals surface area contributed by atoms with Crippen molar-refractivity contribution in [2.45, 2.75) is 45.8 Å². The van der Waals surface area contributed by atoms with Crippen LogP contribution in [0.25, 0.3) is 0 Å². The Morgan fingerprint density at radius 1 is 1.24 bits per heavy atom. The van der Waals surface area contributed by atoms with Crippen LogP contribution in [0.4, 0.5) is 0 Å². The minimum atomic E-state index is 0.416. The third-order valence-electron chi connectivity index (χ3n) is 3.38. The van der Waals surface area contributed by atoms with E-state index in [1.807, 2.05) is 11.8 Å². The Bertz CT molecular complexity index is 403. The van der Waals surface area contributed by atoms with E-state index in [0.717, 1.165) is 42.7 Å². The molecule has 0 spiro atoms. The predicted octanol–water partition coefficient (Wildman–Crippen LogP) is 3.08. The summed E-state index contributed by atoms with van der Waals surface area (Å²) in [6.45, 7) is 11.2. The van der Waals surface area contributed by atoms with Crippen LogP contribution in [-0.4, -0.2) is 42.5 Å². The Hall–Kier alpha value is -0.650. The van der Waals surface area contributed by atoms with E-state index in [9.17, 15) is 0 Å². The van der Waals surface area contributed by atoms with Crippen molar-refractivity contribution in [3.8, 4) is 0 Å². The number of hydrogen-bond donors (Lipinski definition) is 1. The summed E-state index contributed by atoms with van der Waals surface area (Å²) >= 11 is 1.91. The largest absolute Gasteiger partial charge is 0.383 e. The van der Waals surface area contributed by atoms with E-state index in [4.69, 9.17) is 4.74 Å². The summed E-state index contributed by atoms with van der Waals surface area (Å²) < 4.78 is 5.05. The van der Waals surface area contributed by atoms with Gasteiger partial charge < -0.3 is 10.1 Å².